The first-order valence-corrected chi connectivity index (χ1v) is 13.7. The van der Waals surface area contributed by atoms with E-state index in [4.69, 9.17) is 0 Å². The number of rotatable bonds is 9. The van der Waals surface area contributed by atoms with E-state index in [1.165, 1.54) is 107 Å². The van der Waals surface area contributed by atoms with Gasteiger partial charge in [0, 0.05) is 11.5 Å². The van der Waals surface area contributed by atoms with Gasteiger partial charge in [0.05, 0.1) is 11.4 Å². The Bertz CT molecular complexity index is 779. The third kappa shape index (κ3) is 6.21. The molecule has 0 N–H and O–H groups in total. The highest BCUT2D eigenvalue weighted by Crippen LogP contribution is 2.39. The Morgan fingerprint density at radius 1 is 0.625 bits per heavy atom. The molecule has 2 aliphatic carbocycles. The Kier molecular flexibility index (Phi) is 8.77. The highest BCUT2D eigenvalue weighted by atomic mass is 15.1. The summed E-state index contributed by atoms with van der Waals surface area (Å²) in [5.41, 5.74) is 4.94. The zero-order valence-corrected chi connectivity index (χ0v) is 20.6. The van der Waals surface area contributed by atoms with Gasteiger partial charge in [0.1, 0.15) is 0 Å². The van der Waals surface area contributed by atoms with Crippen molar-refractivity contribution < 1.29 is 0 Å². The lowest BCUT2D eigenvalue weighted by molar-refractivity contribution is 0.303. The molecule has 2 aliphatic rings. The summed E-state index contributed by atoms with van der Waals surface area (Å²) in [6.45, 7) is 4.61. The van der Waals surface area contributed by atoms with Crippen LogP contribution in [0.4, 0.5) is 0 Å². The number of hydrogen-bond donors (Lipinski definition) is 0. The standard InChI is InChI=1S/C30H44N2/c1-3-5-6-8-24-9-13-25(14-10-24)26-17-19-28(20-18-26)30-22-21-29(31-32-30)27-15-11-23(7-4-2)12-16-27/h17-25,27H,3-16H2,1-2H3. The minimum atomic E-state index is 0.615. The van der Waals surface area contributed by atoms with Gasteiger partial charge in [-0.25, -0.2) is 0 Å². The van der Waals surface area contributed by atoms with Gasteiger partial charge in [0.15, 0.2) is 0 Å². The van der Waals surface area contributed by atoms with E-state index >= 15 is 0 Å². The summed E-state index contributed by atoms with van der Waals surface area (Å²) in [5, 5.41) is 9.27. The molecule has 2 heteroatoms. The SMILES string of the molecule is CCCCCC1CCC(c2ccc(-c3ccc(C4CCC(CCC)CC4)nn3)cc2)CC1. The summed E-state index contributed by atoms with van der Waals surface area (Å²) in [6, 6.07) is 13.7. The summed E-state index contributed by atoms with van der Waals surface area (Å²) < 4.78 is 0. The molecule has 0 unspecified atom stereocenters. The molecule has 0 bridgehead atoms. The highest BCUT2D eigenvalue weighted by molar-refractivity contribution is 5.59. The van der Waals surface area contributed by atoms with Gasteiger partial charge in [0.25, 0.3) is 0 Å². The molecule has 32 heavy (non-hydrogen) atoms. The van der Waals surface area contributed by atoms with E-state index in [9.17, 15) is 0 Å². The monoisotopic (exact) mass is 432 g/mol. The van der Waals surface area contributed by atoms with E-state index in [2.05, 4.69) is 60.4 Å². The molecule has 1 aromatic carbocycles. The fourth-order valence-corrected chi connectivity index (χ4v) is 6.26. The number of unbranched alkanes of at least 4 members (excludes halogenated alkanes) is 2. The van der Waals surface area contributed by atoms with Crippen LogP contribution in [-0.4, -0.2) is 10.2 Å². The lowest BCUT2D eigenvalue weighted by Crippen LogP contribution is -2.14. The van der Waals surface area contributed by atoms with Crippen molar-refractivity contribution in [3.8, 4) is 11.3 Å². The van der Waals surface area contributed by atoms with Crippen LogP contribution in [-0.2, 0) is 0 Å². The third-order valence-corrected chi connectivity index (χ3v) is 8.39. The topological polar surface area (TPSA) is 25.8 Å². The summed E-state index contributed by atoms with van der Waals surface area (Å²) >= 11 is 0. The van der Waals surface area contributed by atoms with Crippen LogP contribution in [0.2, 0.25) is 0 Å². The van der Waals surface area contributed by atoms with Gasteiger partial charge in [0.2, 0.25) is 0 Å². The van der Waals surface area contributed by atoms with Gasteiger partial charge >= 0.3 is 0 Å². The van der Waals surface area contributed by atoms with Gasteiger partial charge in [-0.1, -0.05) is 76.6 Å². The predicted molar refractivity (Wildman–Crippen MR) is 136 cm³/mol. The van der Waals surface area contributed by atoms with E-state index < -0.39 is 0 Å². The van der Waals surface area contributed by atoms with Crippen LogP contribution in [0.3, 0.4) is 0 Å². The lowest BCUT2D eigenvalue weighted by Gasteiger charge is -2.29. The van der Waals surface area contributed by atoms with Crippen LogP contribution in [0.15, 0.2) is 36.4 Å². The number of hydrogen-bond acceptors (Lipinski definition) is 2. The van der Waals surface area contributed by atoms with Crippen molar-refractivity contribution in [1.29, 1.82) is 0 Å². The Morgan fingerprint density at radius 3 is 1.88 bits per heavy atom. The van der Waals surface area contributed by atoms with Crippen molar-refractivity contribution in [2.45, 2.75) is 116 Å². The van der Waals surface area contributed by atoms with Crippen molar-refractivity contribution in [2.75, 3.05) is 0 Å². The molecule has 2 fully saturated rings. The van der Waals surface area contributed by atoms with Crippen molar-refractivity contribution in [2.24, 2.45) is 11.8 Å². The maximum Gasteiger partial charge on any atom is 0.0929 e. The average molecular weight is 433 g/mol. The molecule has 2 saturated carbocycles. The van der Waals surface area contributed by atoms with E-state index in [1.54, 1.807) is 0 Å². The molecule has 0 spiro atoms. The first-order chi connectivity index (χ1) is 15.8. The third-order valence-electron chi connectivity index (χ3n) is 8.39. The first-order valence-electron chi connectivity index (χ1n) is 13.7. The van der Waals surface area contributed by atoms with Crippen LogP contribution in [0.5, 0.6) is 0 Å². The Hall–Kier alpha value is -1.70. The van der Waals surface area contributed by atoms with Crippen LogP contribution in [0.25, 0.3) is 11.3 Å². The fourth-order valence-electron chi connectivity index (χ4n) is 6.26. The Balaban J connectivity index is 1.29. The van der Waals surface area contributed by atoms with Crippen molar-refractivity contribution in [3.05, 3.63) is 47.7 Å². The lowest BCUT2D eigenvalue weighted by atomic mass is 9.77. The van der Waals surface area contributed by atoms with Gasteiger partial charge < -0.3 is 0 Å². The highest BCUT2D eigenvalue weighted by Gasteiger charge is 2.24. The van der Waals surface area contributed by atoms with Crippen LogP contribution >= 0.6 is 0 Å². The minimum Gasteiger partial charge on any atom is -0.155 e. The molecule has 0 atom stereocenters. The number of benzene rings is 1. The van der Waals surface area contributed by atoms with E-state index in [1.807, 2.05) is 0 Å². The largest absolute Gasteiger partial charge is 0.155 e. The second-order valence-electron chi connectivity index (χ2n) is 10.7. The van der Waals surface area contributed by atoms with Gasteiger partial charge in [-0.15, -0.1) is 0 Å². The second kappa shape index (κ2) is 12.0. The smallest absolute Gasteiger partial charge is 0.0929 e. The molecule has 0 aliphatic heterocycles. The maximum atomic E-state index is 4.65. The van der Waals surface area contributed by atoms with Crippen molar-refractivity contribution in [1.82, 2.24) is 10.2 Å². The maximum absolute atomic E-state index is 4.65. The molecule has 0 amide bonds. The van der Waals surface area contributed by atoms with Crippen LogP contribution < -0.4 is 0 Å². The summed E-state index contributed by atoms with van der Waals surface area (Å²) in [5.74, 6) is 3.29. The average Bonchev–Trinajstić information content (AvgIpc) is 2.86. The first kappa shape index (κ1) is 23.5. The normalized spacial score (nSPS) is 26.2. The molecule has 1 aromatic heterocycles. The predicted octanol–water partition coefficient (Wildman–Crippen LogP) is 9.07. The van der Waals surface area contributed by atoms with Gasteiger partial charge in [-0.3, -0.25) is 0 Å². The minimum absolute atomic E-state index is 0.615. The molecule has 2 nitrogen and oxygen atoms in total. The van der Waals surface area contributed by atoms with Crippen LogP contribution in [0.1, 0.15) is 127 Å². The molecule has 0 radical (unpaired) electrons. The van der Waals surface area contributed by atoms with E-state index in [-0.39, 0.29) is 0 Å². The fraction of sp³-hybridized carbons (Fsp3) is 0.667. The second-order valence-corrected chi connectivity index (χ2v) is 10.7. The van der Waals surface area contributed by atoms with Gasteiger partial charge in [-0.05, 0) is 86.8 Å². The number of nitrogens with zero attached hydrogens (tertiary/aromatic N) is 2. The molecule has 2 aromatic rings. The Labute approximate surface area is 196 Å². The van der Waals surface area contributed by atoms with Crippen LogP contribution in [0, 0.1) is 11.8 Å². The molecule has 1 heterocycles. The zero-order valence-electron chi connectivity index (χ0n) is 20.6. The van der Waals surface area contributed by atoms with E-state index in [0.29, 0.717) is 5.92 Å². The van der Waals surface area contributed by atoms with Crippen molar-refractivity contribution >= 4 is 0 Å². The number of aromatic nitrogens is 2. The quantitative estimate of drug-likeness (QED) is 0.369. The molecular formula is C30H44N2. The molecule has 4 rings (SSSR count). The molecule has 174 valence electrons. The van der Waals surface area contributed by atoms with E-state index in [0.717, 1.165) is 23.4 Å². The molecular weight excluding hydrogens is 388 g/mol. The summed E-state index contributed by atoms with van der Waals surface area (Å²) in [7, 11) is 0. The zero-order chi connectivity index (χ0) is 22.2. The Morgan fingerprint density at radius 2 is 1.28 bits per heavy atom. The summed E-state index contributed by atoms with van der Waals surface area (Å²) in [6.07, 6.45) is 19.2. The molecule has 0 saturated heterocycles. The summed E-state index contributed by atoms with van der Waals surface area (Å²) in [4.78, 5) is 0. The van der Waals surface area contributed by atoms with Crippen molar-refractivity contribution in [3.63, 3.8) is 0 Å². The van der Waals surface area contributed by atoms with Gasteiger partial charge in [-0.2, -0.15) is 10.2 Å².